The van der Waals surface area contributed by atoms with Gasteiger partial charge in [0.1, 0.15) is 12.1 Å². The Balaban J connectivity index is 1.06. The number of rotatable bonds is 21. The van der Waals surface area contributed by atoms with Crippen LogP contribution in [0.4, 0.5) is 0 Å². The van der Waals surface area contributed by atoms with Gasteiger partial charge in [-0.2, -0.15) is 21.0 Å². The highest BCUT2D eigenvalue weighted by Crippen LogP contribution is 2.57. The van der Waals surface area contributed by atoms with Crippen LogP contribution in [0.2, 0.25) is 0 Å². The first-order valence-electron chi connectivity index (χ1n) is 35.5. The van der Waals surface area contributed by atoms with Gasteiger partial charge in [0.15, 0.2) is 11.5 Å². The van der Waals surface area contributed by atoms with Gasteiger partial charge in [-0.3, -0.25) is 0 Å². The van der Waals surface area contributed by atoms with Crippen molar-refractivity contribution in [3.8, 4) is 35.5 Å². The molecule has 5 aliphatic rings. The van der Waals surface area contributed by atoms with E-state index in [9.17, 15) is 21.0 Å². The molecule has 0 amide bonds. The van der Waals surface area contributed by atoms with E-state index in [2.05, 4.69) is 240 Å². The van der Waals surface area contributed by atoms with Crippen LogP contribution in [0.15, 0.2) is 229 Å². The summed E-state index contributed by atoms with van der Waals surface area (Å²) in [6.45, 7) is 0. The molecule has 0 saturated carbocycles. The summed E-state index contributed by atoms with van der Waals surface area (Å²) >= 11 is 0. The zero-order valence-corrected chi connectivity index (χ0v) is 57.1. The molecule has 4 aliphatic carbocycles. The summed E-state index contributed by atoms with van der Waals surface area (Å²) in [6.07, 6.45) is 37.1. The Morgan fingerprint density at radius 3 is 1.12 bits per heavy atom. The summed E-state index contributed by atoms with van der Waals surface area (Å²) in [5.41, 5.74) is 15.4. The van der Waals surface area contributed by atoms with Gasteiger partial charge in [0.25, 0.3) is 0 Å². The van der Waals surface area contributed by atoms with Gasteiger partial charge in [0, 0.05) is 32.0 Å². The molecule has 0 spiro atoms. The van der Waals surface area contributed by atoms with E-state index in [1.165, 1.54) is 99.3 Å². The number of aryl methyl sites for hydroxylation is 4. The first kappa shape index (κ1) is 64.2. The molecular formula is C88H84N6P2. The van der Waals surface area contributed by atoms with Crippen LogP contribution in [-0.2, 0) is 25.7 Å². The van der Waals surface area contributed by atoms with E-state index < -0.39 is 28.1 Å². The highest BCUT2D eigenvalue weighted by molar-refractivity contribution is 7.72. The molecule has 8 aromatic carbocycles. The second kappa shape index (κ2) is 30.3. The summed E-state index contributed by atoms with van der Waals surface area (Å²) in [5, 5.41) is 57.6. The molecule has 14 rings (SSSR count). The number of nitriles is 4. The molecule has 1 atom stereocenters. The highest BCUT2D eigenvalue weighted by atomic mass is 31.1. The number of hydrogen-bond acceptors (Lipinski definition) is 5. The van der Waals surface area contributed by atoms with Gasteiger partial charge in [0.2, 0.25) is 0 Å². The fraction of sp³-hybridized carbons (Fsp3) is 0.295. The molecule has 0 N–H and O–H groups in total. The number of benzene rings is 8. The number of nitrogens with zero attached hydrogens (tertiary/aromatic N) is 6. The lowest BCUT2D eigenvalue weighted by molar-refractivity contribution is 0.438. The third-order valence-corrected chi connectivity index (χ3v) is 25.8. The number of fused-ring (bicyclic) bond motifs is 3. The number of aromatic nitrogens is 1. The molecule has 1 unspecified atom stereocenters. The van der Waals surface area contributed by atoms with E-state index in [1.54, 1.807) is 22.3 Å². The molecule has 2 heterocycles. The van der Waals surface area contributed by atoms with Crippen molar-refractivity contribution in [3.05, 3.63) is 273 Å². The molecule has 1 aromatic heterocycles. The molecule has 0 bridgehead atoms. The fourth-order valence-electron chi connectivity index (χ4n) is 15.7. The zero-order valence-electron chi connectivity index (χ0n) is 55.3. The lowest BCUT2D eigenvalue weighted by atomic mass is 9.93. The molecular weight excluding hydrogens is 1200 g/mol. The molecule has 1 aliphatic heterocycles. The standard InChI is InChI=1S/C88H84N6P2/c89-59-77(60-90)87-84-83(85(75-47-45-71-25-13-15-27-73(71)57-75)93(87)95(79-49-37-67(38-50-79)33-29-63-17-5-1-6-18-63)80-51-39-68(40-52-80)34-30-64-19-7-2-8-20-64)88(78(61-91)62-92)94(86(84)76-48-46-72-26-14-16-28-74(72)58-76)96(81-53-41-69(42-54-81)35-31-65-21-9-3-10-22-65)82-55-43-70(44-56-82)36-32-66-23-11-4-12-24-66/h13-17,19,21,23,25-28,37-58,77,87H,1-12,18,20,22,24,29-36H2. The number of allylic oxidation sites excluding steroid dienone is 8. The van der Waals surface area contributed by atoms with Crippen molar-refractivity contribution >= 4 is 70.2 Å². The third-order valence-electron chi connectivity index (χ3n) is 20.9. The minimum atomic E-state index is -1.67. The molecule has 9 aromatic rings. The summed E-state index contributed by atoms with van der Waals surface area (Å²) in [7, 11) is -3.30. The summed E-state index contributed by atoms with van der Waals surface area (Å²) in [4.78, 5) is 0. The van der Waals surface area contributed by atoms with Crippen LogP contribution in [-0.4, -0.2) is 9.01 Å². The van der Waals surface area contributed by atoms with Crippen molar-refractivity contribution in [1.29, 1.82) is 21.0 Å². The second-order valence-corrected chi connectivity index (χ2v) is 31.3. The van der Waals surface area contributed by atoms with Crippen molar-refractivity contribution in [1.82, 2.24) is 9.01 Å². The van der Waals surface area contributed by atoms with Crippen molar-refractivity contribution in [2.45, 2.75) is 160 Å². The van der Waals surface area contributed by atoms with E-state index in [4.69, 9.17) is 0 Å². The summed E-state index contributed by atoms with van der Waals surface area (Å²) in [6, 6.07) is 76.4. The second-order valence-electron chi connectivity index (χ2n) is 27.1. The lowest BCUT2D eigenvalue weighted by Gasteiger charge is -2.40. The molecule has 0 fully saturated rings. The number of hydrogen-bond donors (Lipinski definition) is 0. The van der Waals surface area contributed by atoms with Crippen LogP contribution in [0.5, 0.6) is 0 Å². The quantitative estimate of drug-likeness (QED) is 0.0527. The SMILES string of the molecule is N#CC(C#N)=c1c2c(c(-c3ccc4ccccc4c3)n1P(c1ccc(CCC3=CCCCC3)cc1)c1ccc(CCC3=CCCCC3)cc1)C(C(C#N)C#N)N(P(c1ccc(CCC3=CCCCC3)cc1)c1ccc(CCC3=CCCCC3)cc1)C=2c1ccc2ccccc2c1. The van der Waals surface area contributed by atoms with Crippen LogP contribution < -0.4 is 31.8 Å². The molecule has 8 heteroatoms. The van der Waals surface area contributed by atoms with Crippen molar-refractivity contribution in [3.63, 3.8) is 0 Å². The highest BCUT2D eigenvalue weighted by Gasteiger charge is 2.47. The Bertz CT molecular complexity index is 4610. The largest absolute Gasteiger partial charge is 0.332 e. The average molecular weight is 1290 g/mol. The van der Waals surface area contributed by atoms with Gasteiger partial charge in [-0.1, -0.05) is 216 Å². The predicted octanol–water partition coefficient (Wildman–Crippen LogP) is 19.5. The summed E-state index contributed by atoms with van der Waals surface area (Å²) < 4.78 is 4.81. The maximum atomic E-state index is 12.0. The van der Waals surface area contributed by atoms with Gasteiger partial charge < -0.3 is 9.01 Å². The minimum absolute atomic E-state index is 0.0240. The van der Waals surface area contributed by atoms with Crippen molar-refractivity contribution < 1.29 is 0 Å². The minimum Gasteiger partial charge on any atom is -0.332 e. The van der Waals surface area contributed by atoms with E-state index in [-0.39, 0.29) is 5.57 Å². The topological polar surface area (TPSA) is 103 Å². The van der Waals surface area contributed by atoms with Gasteiger partial charge in [-0.15, -0.1) is 0 Å². The van der Waals surface area contributed by atoms with Gasteiger partial charge in [0.05, 0.1) is 51.1 Å². The van der Waals surface area contributed by atoms with E-state index in [1.807, 2.05) is 0 Å². The molecule has 476 valence electrons. The van der Waals surface area contributed by atoms with Gasteiger partial charge in [-0.25, -0.2) is 0 Å². The zero-order chi connectivity index (χ0) is 65.2. The monoisotopic (exact) mass is 1290 g/mol. The normalized spacial score (nSPS) is 16.3. The Labute approximate surface area is 570 Å². The van der Waals surface area contributed by atoms with E-state index in [0.717, 1.165) is 153 Å². The first-order valence-corrected chi connectivity index (χ1v) is 38.1. The van der Waals surface area contributed by atoms with Crippen molar-refractivity contribution in [2.75, 3.05) is 0 Å². The maximum Gasteiger partial charge on any atom is 0.158 e. The van der Waals surface area contributed by atoms with Crippen LogP contribution in [0, 0.1) is 51.2 Å². The predicted molar refractivity (Wildman–Crippen MR) is 400 cm³/mol. The van der Waals surface area contributed by atoms with E-state index in [0.29, 0.717) is 5.35 Å². The van der Waals surface area contributed by atoms with E-state index >= 15 is 0 Å². The third kappa shape index (κ3) is 14.0. The summed E-state index contributed by atoms with van der Waals surface area (Å²) in [5.74, 6) is -1.21. The smallest absolute Gasteiger partial charge is 0.158 e. The van der Waals surface area contributed by atoms with Gasteiger partial charge in [-0.05, 0) is 221 Å². The van der Waals surface area contributed by atoms with Crippen LogP contribution in [0.25, 0.3) is 44.1 Å². The molecule has 6 nitrogen and oxygen atoms in total. The van der Waals surface area contributed by atoms with Crippen molar-refractivity contribution in [2.24, 2.45) is 5.92 Å². The molecule has 96 heavy (non-hydrogen) atoms. The van der Waals surface area contributed by atoms with Crippen LogP contribution >= 0.6 is 16.1 Å². The van der Waals surface area contributed by atoms with Crippen LogP contribution in [0.3, 0.4) is 0 Å². The maximum absolute atomic E-state index is 12.0. The van der Waals surface area contributed by atoms with Crippen LogP contribution in [0.1, 0.15) is 168 Å². The fourth-order valence-corrected chi connectivity index (χ4v) is 20.7. The molecule has 0 saturated heterocycles. The lowest BCUT2D eigenvalue weighted by Crippen LogP contribution is -2.37. The Morgan fingerprint density at radius 1 is 0.396 bits per heavy atom. The Kier molecular flexibility index (Phi) is 20.3. The molecule has 0 radical (unpaired) electrons. The Hall–Kier alpha value is -9.12. The van der Waals surface area contributed by atoms with Gasteiger partial charge >= 0.3 is 0 Å². The average Bonchev–Trinajstić information content (AvgIpc) is 1.52. The Morgan fingerprint density at radius 2 is 0.760 bits per heavy atom. The first-order chi connectivity index (χ1) is 47.4.